The highest BCUT2D eigenvalue weighted by molar-refractivity contribution is 7.89. The summed E-state index contributed by atoms with van der Waals surface area (Å²) in [7, 11) is -2.09. The third-order valence-corrected chi connectivity index (χ3v) is 5.32. The van der Waals surface area contributed by atoms with E-state index in [1.54, 1.807) is 24.5 Å². The third kappa shape index (κ3) is 4.34. The van der Waals surface area contributed by atoms with Gasteiger partial charge in [0, 0.05) is 18.0 Å². The van der Waals surface area contributed by atoms with E-state index in [9.17, 15) is 12.8 Å². The number of hydrogen-bond acceptors (Lipinski definition) is 4. The second-order valence-electron chi connectivity index (χ2n) is 4.52. The summed E-state index contributed by atoms with van der Waals surface area (Å²) in [6.07, 6.45) is 0.592. The number of halogens is 1. The van der Waals surface area contributed by atoms with Crippen LogP contribution in [0.4, 0.5) is 4.39 Å². The summed E-state index contributed by atoms with van der Waals surface area (Å²) in [6.45, 7) is 0.733. The fourth-order valence-corrected chi connectivity index (χ4v) is 3.78. The molecule has 1 heterocycles. The summed E-state index contributed by atoms with van der Waals surface area (Å²) in [5.74, 6) is -0.738. The van der Waals surface area contributed by atoms with Gasteiger partial charge in [-0.25, -0.2) is 17.5 Å². The molecule has 0 aliphatic rings. The van der Waals surface area contributed by atoms with Crippen molar-refractivity contribution in [2.45, 2.75) is 17.9 Å². The molecule has 0 atom stereocenters. The van der Waals surface area contributed by atoms with Gasteiger partial charge in [-0.05, 0) is 42.6 Å². The van der Waals surface area contributed by atoms with E-state index in [0.717, 1.165) is 10.4 Å². The Morgan fingerprint density at radius 2 is 2.10 bits per heavy atom. The van der Waals surface area contributed by atoms with Crippen LogP contribution in [0.2, 0.25) is 0 Å². The van der Waals surface area contributed by atoms with Crippen molar-refractivity contribution in [3.05, 3.63) is 52.0 Å². The minimum atomic E-state index is -3.83. The second kappa shape index (κ2) is 7.13. The molecule has 0 bridgehead atoms. The molecule has 0 saturated carbocycles. The maximum absolute atomic E-state index is 13.8. The fraction of sp³-hybridized carbons (Fsp3) is 0.286. The Hall–Kier alpha value is -1.28. The summed E-state index contributed by atoms with van der Waals surface area (Å²) in [5, 5.41) is 4.84. The highest BCUT2D eigenvalue weighted by atomic mass is 32.2. The Morgan fingerprint density at radius 1 is 1.29 bits per heavy atom. The molecule has 0 radical (unpaired) electrons. The van der Waals surface area contributed by atoms with Gasteiger partial charge in [0.2, 0.25) is 10.0 Å². The summed E-state index contributed by atoms with van der Waals surface area (Å²) in [4.78, 5) is 0.781. The lowest BCUT2D eigenvalue weighted by molar-refractivity contribution is 0.556. The Balaban J connectivity index is 2.09. The van der Waals surface area contributed by atoms with E-state index < -0.39 is 15.8 Å². The number of rotatable bonds is 7. The number of thiophene rings is 1. The van der Waals surface area contributed by atoms with E-state index in [-0.39, 0.29) is 11.4 Å². The van der Waals surface area contributed by atoms with Gasteiger partial charge in [-0.15, -0.1) is 11.3 Å². The summed E-state index contributed by atoms with van der Waals surface area (Å²) in [6, 6.07) is 7.96. The van der Waals surface area contributed by atoms with Gasteiger partial charge in [0.1, 0.15) is 10.7 Å². The normalized spacial score (nSPS) is 11.7. The zero-order valence-electron chi connectivity index (χ0n) is 11.6. The smallest absolute Gasteiger partial charge is 0.243 e. The minimum Gasteiger partial charge on any atom is -0.316 e. The van der Waals surface area contributed by atoms with Crippen LogP contribution < -0.4 is 10.0 Å². The Bertz CT molecular complexity index is 685. The van der Waals surface area contributed by atoms with Crippen molar-refractivity contribution >= 4 is 21.4 Å². The summed E-state index contributed by atoms with van der Waals surface area (Å²) < 4.78 is 40.6. The molecule has 1 aromatic heterocycles. The van der Waals surface area contributed by atoms with Crippen molar-refractivity contribution in [2.75, 3.05) is 13.6 Å². The van der Waals surface area contributed by atoms with Crippen molar-refractivity contribution in [1.29, 1.82) is 0 Å². The maximum atomic E-state index is 13.8. The van der Waals surface area contributed by atoms with Gasteiger partial charge in [0.25, 0.3) is 0 Å². The van der Waals surface area contributed by atoms with Gasteiger partial charge < -0.3 is 5.32 Å². The molecule has 0 aliphatic heterocycles. The van der Waals surface area contributed by atoms with E-state index in [2.05, 4.69) is 10.0 Å². The van der Waals surface area contributed by atoms with Crippen molar-refractivity contribution < 1.29 is 12.8 Å². The molecule has 4 nitrogen and oxygen atoms in total. The summed E-state index contributed by atoms with van der Waals surface area (Å²) in [5.41, 5.74) is 0.720. The summed E-state index contributed by atoms with van der Waals surface area (Å²) >= 11 is 1.56. The molecule has 7 heteroatoms. The first-order valence-corrected chi connectivity index (χ1v) is 8.84. The zero-order chi connectivity index (χ0) is 15.3. The molecule has 21 heavy (non-hydrogen) atoms. The number of nitrogens with one attached hydrogen (secondary N) is 2. The molecular formula is C14H17FN2O2S2. The molecule has 0 spiro atoms. The molecule has 0 aliphatic carbocycles. The van der Waals surface area contributed by atoms with Gasteiger partial charge in [-0.1, -0.05) is 12.1 Å². The SMILES string of the molecule is CNCc1ccc(F)c(S(=O)(=O)NCCc2cccs2)c1. The number of hydrogen-bond donors (Lipinski definition) is 2. The lowest BCUT2D eigenvalue weighted by atomic mass is 10.2. The fourth-order valence-electron chi connectivity index (χ4n) is 1.91. The zero-order valence-corrected chi connectivity index (χ0v) is 13.2. The quantitative estimate of drug-likeness (QED) is 0.818. The Labute approximate surface area is 128 Å². The van der Waals surface area contributed by atoms with Gasteiger partial charge in [-0.2, -0.15) is 0 Å². The van der Waals surface area contributed by atoms with Crippen LogP contribution in [-0.2, 0) is 23.0 Å². The van der Waals surface area contributed by atoms with Gasteiger partial charge in [0.15, 0.2) is 0 Å². The number of sulfonamides is 1. The number of benzene rings is 1. The molecule has 2 rings (SSSR count). The van der Waals surface area contributed by atoms with Crippen LogP contribution in [0.15, 0.2) is 40.6 Å². The van der Waals surface area contributed by atoms with E-state index in [4.69, 9.17) is 0 Å². The highest BCUT2D eigenvalue weighted by Crippen LogP contribution is 2.17. The van der Waals surface area contributed by atoms with E-state index in [1.807, 2.05) is 17.5 Å². The molecule has 2 aromatic rings. The van der Waals surface area contributed by atoms with Crippen LogP contribution in [0.3, 0.4) is 0 Å². The van der Waals surface area contributed by atoms with E-state index in [0.29, 0.717) is 13.0 Å². The molecule has 0 fully saturated rings. The van der Waals surface area contributed by atoms with Crippen molar-refractivity contribution in [1.82, 2.24) is 10.0 Å². The van der Waals surface area contributed by atoms with Crippen LogP contribution in [0.25, 0.3) is 0 Å². The predicted octanol–water partition coefficient (Wildman–Crippen LogP) is 2.13. The predicted molar refractivity (Wildman–Crippen MR) is 82.4 cm³/mol. The van der Waals surface area contributed by atoms with E-state index >= 15 is 0 Å². The molecule has 0 saturated heterocycles. The molecule has 0 amide bonds. The Kier molecular flexibility index (Phi) is 5.46. The van der Waals surface area contributed by atoms with Crippen LogP contribution in [0.5, 0.6) is 0 Å². The highest BCUT2D eigenvalue weighted by Gasteiger charge is 2.19. The van der Waals surface area contributed by atoms with Crippen molar-refractivity contribution in [2.24, 2.45) is 0 Å². The molecule has 114 valence electrons. The topological polar surface area (TPSA) is 58.2 Å². The van der Waals surface area contributed by atoms with Crippen LogP contribution in [0, 0.1) is 5.82 Å². The largest absolute Gasteiger partial charge is 0.316 e. The van der Waals surface area contributed by atoms with E-state index in [1.165, 1.54) is 12.1 Å². The molecule has 2 N–H and O–H groups in total. The first-order chi connectivity index (χ1) is 10.0. The lowest BCUT2D eigenvalue weighted by Gasteiger charge is -2.09. The van der Waals surface area contributed by atoms with Gasteiger partial charge >= 0.3 is 0 Å². The lowest BCUT2D eigenvalue weighted by Crippen LogP contribution is -2.27. The minimum absolute atomic E-state index is 0.249. The molecule has 0 unspecified atom stereocenters. The second-order valence-corrected chi connectivity index (χ2v) is 7.29. The van der Waals surface area contributed by atoms with Gasteiger partial charge in [0.05, 0.1) is 0 Å². The van der Waals surface area contributed by atoms with Crippen LogP contribution >= 0.6 is 11.3 Å². The van der Waals surface area contributed by atoms with Crippen LogP contribution in [0.1, 0.15) is 10.4 Å². The van der Waals surface area contributed by atoms with Crippen molar-refractivity contribution in [3.8, 4) is 0 Å². The third-order valence-electron chi connectivity index (χ3n) is 2.91. The molecule has 1 aromatic carbocycles. The van der Waals surface area contributed by atoms with Crippen LogP contribution in [-0.4, -0.2) is 22.0 Å². The first kappa shape index (κ1) is 16.1. The Morgan fingerprint density at radius 3 is 2.76 bits per heavy atom. The average Bonchev–Trinajstić information content (AvgIpc) is 2.94. The van der Waals surface area contributed by atoms with Crippen molar-refractivity contribution in [3.63, 3.8) is 0 Å². The maximum Gasteiger partial charge on any atom is 0.243 e. The monoisotopic (exact) mass is 328 g/mol. The molecular weight excluding hydrogens is 311 g/mol. The van der Waals surface area contributed by atoms with Gasteiger partial charge in [-0.3, -0.25) is 0 Å². The average molecular weight is 328 g/mol. The standard InChI is InChI=1S/C14H17FN2O2S2/c1-16-10-11-4-5-13(15)14(9-11)21(18,19)17-7-6-12-3-2-8-20-12/h2-5,8-9,16-17H,6-7,10H2,1H3. The first-order valence-electron chi connectivity index (χ1n) is 6.48.